The van der Waals surface area contributed by atoms with E-state index in [4.69, 9.17) is 14.5 Å². The fourth-order valence-electron chi connectivity index (χ4n) is 3.81. The molecule has 3 aromatic rings. The number of aryl methyl sites for hydroxylation is 2. The summed E-state index contributed by atoms with van der Waals surface area (Å²) >= 11 is 1.60. The molecule has 2 heterocycles. The van der Waals surface area contributed by atoms with Crippen molar-refractivity contribution in [3.63, 3.8) is 0 Å². The van der Waals surface area contributed by atoms with Crippen LogP contribution in [0.5, 0.6) is 5.75 Å². The summed E-state index contributed by atoms with van der Waals surface area (Å²) in [6, 6.07) is 11.5. The van der Waals surface area contributed by atoms with E-state index in [9.17, 15) is 4.79 Å². The van der Waals surface area contributed by atoms with Crippen LogP contribution in [0.1, 0.15) is 27.9 Å². The molecular weight excluding hydrogens is 410 g/mol. The van der Waals surface area contributed by atoms with Crippen LogP contribution in [-0.4, -0.2) is 62.3 Å². The van der Waals surface area contributed by atoms with E-state index in [0.717, 1.165) is 65.9 Å². The van der Waals surface area contributed by atoms with Crippen molar-refractivity contribution in [1.29, 1.82) is 0 Å². The van der Waals surface area contributed by atoms with Crippen LogP contribution in [0, 0.1) is 13.8 Å². The number of benzene rings is 2. The minimum absolute atomic E-state index is 0.0287. The van der Waals surface area contributed by atoms with E-state index >= 15 is 0 Å². The van der Waals surface area contributed by atoms with Gasteiger partial charge in [0.15, 0.2) is 5.13 Å². The Labute approximate surface area is 187 Å². The van der Waals surface area contributed by atoms with Crippen LogP contribution < -0.4 is 9.64 Å². The van der Waals surface area contributed by atoms with Gasteiger partial charge in [-0.3, -0.25) is 14.6 Å². The smallest absolute Gasteiger partial charge is 0.260 e. The summed E-state index contributed by atoms with van der Waals surface area (Å²) < 4.78 is 11.8. The van der Waals surface area contributed by atoms with Gasteiger partial charge in [-0.05, 0) is 55.7 Å². The summed E-state index contributed by atoms with van der Waals surface area (Å²) in [7, 11) is 1.63. The lowest BCUT2D eigenvalue weighted by molar-refractivity contribution is 0.0376. The molecule has 1 aliphatic rings. The number of carbonyl (C=O) groups excluding carboxylic acids is 1. The van der Waals surface area contributed by atoms with Crippen molar-refractivity contribution in [2.24, 2.45) is 0 Å². The first kappa shape index (κ1) is 21.7. The van der Waals surface area contributed by atoms with Crippen LogP contribution in [0.25, 0.3) is 10.2 Å². The van der Waals surface area contributed by atoms with Gasteiger partial charge in [-0.25, -0.2) is 4.98 Å². The number of hydrogen-bond donors (Lipinski definition) is 0. The van der Waals surface area contributed by atoms with Crippen molar-refractivity contribution in [3.8, 4) is 5.75 Å². The fraction of sp³-hybridized carbons (Fsp3) is 0.417. The molecule has 0 aliphatic carbocycles. The van der Waals surface area contributed by atoms with Crippen molar-refractivity contribution < 1.29 is 14.3 Å². The molecule has 1 saturated heterocycles. The van der Waals surface area contributed by atoms with Crippen LogP contribution in [0.2, 0.25) is 0 Å². The number of nitrogens with zero attached hydrogens (tertiary/aromatic N) is 3. The molecule has 0 bridgehead atoms. The molecule has 7 heteroatoms. The quantitative estimate of drug-likeness (QED) is 0.550. The van der Waals surface area contributed by atoms with E-state index in [1.165, 1.54) is 5.56 Å². The molecule has 2 aromatic carbocycles. The molecule has 4 rings (SSSR count). The monoisotopic (exact) mass is 439 g/mol. The summed E-state index contributed by atoms with van der Waals surface area (Å²) in [5.74, 6) is 0.709. The Balaban J connectivity index is 1.60. The number of fused-ring (bicyclic) bond motifs is 1. The van der Waals surface area contributed by atoms with Crippen molar-refractivity contribution in [2.45, 2.75) is 20.3 Å². The normalized spacial score (nSPS) is 14.7. The molecule has 1 aliphatic heterocycles. The second kappa shape index (κ2) is 9.77. The third kappa shape index (κ3) is 4.89. The van der Waals surface area contributed by atoms with Gasteiger partial charge in [0.1, 0.15) is 5.75 Å². The number of aromatic nitrogens is 1. The van der Waals surface area contributed by atoms with Crippen molar-refractivity contribution in [1.82, 2.24) is 9.88 Å². The summed E-state index contributed by atoms with van der Waals surface area (Å²) in [6.45, 7) is 9.20. The van der Waals surface area contributed by atoms with Gasteiger partial charge in [0.2, 0.25) is 0 Å². The summed E-state index contributed by atoms with van der Waals surface area (Å²) in [6.07, 6.45) is 0.885. The number of rotatable bonds is 7. The maximum absolute atomic E-state index is 13.5. The Morgan fingerprint density at radius 1 is 1.13 bits per heavy atom. The molecule has 1 fully saturated rings. The fourth-order valence-corrected chi connectivity index (χ4v) is 4.95. The lowest BCUT2D eigenvalue weighted by Crippen LogP contribution is -2.39. The largest absolute Gasteiger partial charge is 0.497 e. The molecule has 0 spiro atoms. The van der Waals surface area contributed by atoms with Gasteiger partial charge in [-0.2, -0.15) is 0 Å². The lowest BCUT2D eigenvalue weighted by atomic mass is 10.1. The Morgan fingerprint density at radius 3 is 2.52 bits per heavy atom. The molecule has 0 atom stereocenters. The van der Waals surface area contributed by atoms with Crippen molar-refractivity contribution in [3.05, 3.63) is 53.1 Å². The zero-order valence-corrected chi connectivity index (χ0v) is 19.2. The molecule has 1 amide bonds. The van der Waals surface area contributed by atoms with E-state index in [-0.39, 0.29) is 5.91 Å². The summed E-state index contributed by atoms with van der Waals surface area (Å²) in [5, 5.41) is 0.759. The first-order valence-electron chi connectivity index (χ1n) is 10.7. The molecule has 164 valence electrons. The highest BCUT2D eigenvalue weighted by molar-refractivity contribution is 7.22. The molecule has 0 unspecified atom stereocenters. The second-order valence-corrected chi connectivity index (χ2v) is 8.84. The zero-order valence-electron chi connectivity index (χ0n) is 18.4. The van der Waals surface area contributed by atoms with Gasteiger partial charge < -0.3 is 9.47 Å². The maximum atomic E-state index is 13.5. The first-order chi connectivity index (χ1) is 15.1. The predicted molar refractivity (Wildman–Crippen MR) is 126 cm³/mol. The van der Waals surface area contributed by atoms with Gasteiger partial charge in [-0.1, -0.05) is 23.5 Å². The van der Waals surface area contributed by atoms with Crippen LogP contribution in [0.4, 0.5) is 5.13 Å². The van der Waals surface area contributed by atoms with Crippen molar-refractivity contribution in [2.75, 3.05) is 51.4 Å². The number of thiazole rings is 1. The lowest BCUT2D eigenvalue weighted by Gasteiger charge is -2.27. The van der Waals surface area contributed by atoms with Crippen molar-refractivity contribution >= 4 is 32.6 Å². The third-order valence-electron chi connectivity index (χ3n) is 5.70. The topological polar surface area (TPSA) is 54.9 Å². The zero-order chi connectivity index (χ0) is 21.8. The van der Waals surface area contributed by atoms with Gasteiger partial charge >= 0.3 is 0 Å². The van der Waals surface area contributed by atoms with Gasteiger partial charge in [0.25, 0.3) is 5.91 Å². The van der Waals surface area contributed by atoms with Crippen LogP contribution in [0.15, 0.2) is 36.4 Å². The minimum Gasteiger partial charge on any atom is -0.497 e. The molecule has 0 N–H and O–H groups in total. The highest BCUT2D eigenvalue weighted by atomic mass is 32.1. The highest BCUT2D eigenvalue weighted by Gasteiger charge is 2.23. The summed E-state index contributed by atoms with van der Waals surface area (Å²) in [4.78, 5) is 22.6. The molecular formula is C24H29N3O3S. The maximum Gasteiger partial charge on any atom is 0.260 e. The SMILES string of the molecule is COc1ccc(C(=O)N(CCCN2CCOCC2)c2nc3c(C)ccc(C)c3s2)cc1. The Morgan fingerprint density at radius 2 is 1.84 bits per heavy atom. The molecule has 0 saturated carbocycles. The highest BCUT2D eigenvalue weighted by Crippen LogP contribution is 2.34. The Hall–Kier alpha value is -2.48. The number of methoxy groups -OCH3 is 1. The molecule has 6 nitrogen and oxygen atoms in total. The van der Waals surface area contributed by atoms with E-state index < -0.39 is 0 Å². The number of anilines is 1. The third-order valence-corrected chi connectivity index (χ3v) is 6.92. The van der Waals surface area contributed by atoms with Gasteiger partial charge in [0.05, 0.1) is 30.5 Å². The minimum atomic E-state index is -0.0287. The average molecular weight is 440 g/mol. The number of amides is 1. The molecule has 0 radical (unpaired) electrons. The van der Waals surface area contributed by atoms with Crippen LogP contribution in [-0.2, 0) is 4.74 Å². The summed E-state index contributed by atoms with van der Waals surface area (Å²) in [5.41, 5.74) is 3.95. The van der Waals surface area contributed by atoms with Gasteiger partial charge in [0, 0.05) is 31.7 Å². The van der Waals surface area contributed by atoms with E-state index in [0.29, 0.717) is 12.1 Å². The van der Waals surface area contributed by atoms with E-state index in [2.05, 4.69) is 30.9 Å². The predicted octanol–water partition coefficient (Wildman–Crippen LogP) is 4.29. The van der Waals surface area contributed by atoms with Crippen LogP contribution >= 0.6 is 11.3 Å². The second-order valence-electron chi connectivity index (χ2n) is 7.87. The molecule has 1 aromatic heterocycles. The van der Waals surface area contributed by atoms with E-state index in [1.807, 2.05) is 29.2 Å². The number of morpholine rings is 1. The first-order valence-corrected chi connectivity index (χ1v) is 11.5. The molecule has 31 heavy (non-hydrogen) atoms. The van der Waals surface area contributed by atoms with Gasteiger partial charge in [-0.15, -0.1) is 0 Å². The van der Waals surface area contributed by atoms with Crippen LogP contribution in [0.3, 0.4) is 0 Å². The number of ether oxygens (including phenoxy) is 2. The van der Waals surface area contributed by atoms with E-state index in [1.54, 1.807) is 18.4 Å². The Kier molecular flexibility index (Phi) is 6.85. The number of hydrogen-bond acceptors (Lipinski definition) is 6. The standard InChI is InChI=1S/C24H29N3O3S/c1-17-5-6-18(2)22-21(17)25-24(31-22)27(12-4-11-26-13-15-30-16-14-26)23(28)19-7-9-20(29-3)10-8-19/h5-10H,4,11-16H2,1-3H3. The number of carbonyl (C=O) groups is 1. The average Bonchev–Trinajstić information content (AvgIpc) is 3.26. The Bertz CT molecular complexity index is 1000.